The number of allylic oxidation sites excluding steroid dienone is 1. The van der Waals surface area contributed by atoms with Gasteiger partial charge in [-0.05, 0) is 67.8 Å². The average molecular weight is 405 g/mol. The summed E-state index contributed by atoms with van der Waals surface area (Å²) in [7, 11) is 0. The van der Waals surface area contributed by atoms with Gasteiger partial charge in [0.25, 0.3) is 0 Å². The van der Waals surface area contributed by atoms with Gasteiger partial charge in [0.15, 0.2) is 12.4 Å². The van der Waals surface area contributed by atoms with Gasteiger partial charge < -0.3 is 14.9 Å². The van der Waals surface area contributed by atoms with Crippen molar-refractivity contribution in [1.29, 1.82) is 0 Å². The van der Waals surface area contributed by atoms with Crippen LogP contribution >= 0.6 is 0 Å². The lowest BCUT2D eigenvalue weighted by atomic mass is 9.45. The van der Waals surface area contributed by atoms with Crippen molar-refractivity contribution in [3.05, 3.63) is 11.6 Å². The first-order valence-corrected chi connectivity index (χ1v) is 10.8. The summed E-state index contributed by atoms with van der Waals surface area (Å²) < 4.78 is 4.89. The Morgan fingerprint density at radius 2 is 1.93 bits per heavy atom. The third kappa shape index (κ3) is 2.86. The number of Topliss-reactive ketones (excluding diaryl/α,β-unsaturated/α-hetero) is 1. The van der Waals surface area contributed by atoms with Crippen molar-refractivity contribution in [2.24, 2.45) is 28.6 Å². The van der Waals surface area contributed by atoms with Crippen LogP contribution in [0.4, 0.5) is 0 Å². The van der Waals surface area contributed by atoms with Gasteiger partial charge >= 0.3 is 5.97 Å². The molecule has 0 aromatic carbocycles. The fourth-order valence-corrected chi connectivity index (χ4v) is 7.44. The quantitative estimate of drug-likeness (QED) is 0.701. The molecule has 6 nitrogen and oxygen atoms in total. The highest BCUT2D eigenvalue weighted by atomic mass is 16.5. The molecule has 4 aliphatic rings. The van der Waals surface area contributed by atoms with Gasteiger partial charge in [0.05, 0.1) is 6.10 Å². The Bertz CT molecular complexity index is 786. The van der Waals surface area contributed by atoms with Gasteiger partial charge in [-0.2, -0.15) is 0 Å². The zero-order valence-electron chi connectivity index (χ0n) is 17.6. The zero-order chi connectivity index (χ0) is 21.2. The largest absolute Gasteiger partial charge is 0.458 e. The van der Waals surface area contributed by atoms with E-state index in [-0.39, 0.29) is 29.0 Å². The first-order valence-electron chi connectivity index (χ1n) is 10.8. The number of carbonyl (C=O) groups is 3. The SMILES string of the molecule is CC(=O)OCC(=O)[C@@]1(O)CC[C@@H]2[C@@H]3CCC4=CC(=O)CC[C@]4(C)[C@@H]3[C@@H](O)C[C@@]21C. The Labute approximate surface area is 171 Å². The van der Waals surface area contributed by atoms with Crippen LogP contribution in [0.5, 0.6) is 0 Å². The third-order valence-electron chi connectivity index (χ3n) is 8.92. The van der Waals surface area contributed by atoms with E-state index in [1.807, 2.05) is 6.92 Å². The summed E-state index contributed by atoms with van der Waals surface area (Å²) in [5.74, 6) is -0.462. The third-order valence-corrected chi connectivity index (χ3v) is 8.92. The molecule has 29 heavy (non-hydrogen) atoms. The number of ether oxygens (including phenoxy) is 1. The summed E-state index contributed by atoms with van der Waals surface area (Å²) in [5.41, 5.74) is -1.36. The van der Waals surface area contributed by atoms with Gasteiger partial charge in [0.2, 0.25) is 5.78 Å². The molecular formula is C23H32O6. The smallest absolute Gasteiger partial charge is 0.303 e. The van der Waals surface area contributed by atoms with E-state index in [1.54, 1.807) is 6.08 Å². The number of hydrogen-bond acceptors (Lipinski definition) is 6. The molecule has 0 spiro atoms. The minimum atomic E-state index is -1.58. The maximum atomic E-state index is 12.9. The van der Waals surface area contributed by atoms with Crippen molar-refractivity contribution >= 4 is 17.5 Å². The van der Waals surface area contributed by atoms with Gasteiger partial charge in [-0.3, -0.25) is 14.4 Å². The Balaban J connectivity index is 1.65. The van der Waals surface area contributed by atoms with Crippen molar-refractivity contribution < 1.29 is 29.3 Å². The number of rotatable bonds is 3. The summed E-state index contributed by atoms with van der Waals surface area (Å²) in [5, 5.41) is 22.8. The Morgan fingerprint density at radius 1 is 1.21 bits per heavy atom. The summed E-state index contributed by atoms with van der Waals surface area (Å²) in [6, 6.07) is 0. The molecule has 3 fully saturated rings. The Kier molecular flexibility index (Phi) is 4.82. The molecule has 4 rings (SSSR count). The molecule has 6 heteroatoms. The van der Waals surface area contributed by atoms with Crippen LogP contribution in [0.2, 0.25) is 0 Å². The highest BCUT2D eigenvalue weighted by Gasteiger charge is 2.68. The van der Waals surface area contributed by atoms with E-state index in [0.717, 1.165) is 31.3 Å². The van der Waals surface area contributed by atoms with Gasteiger partial charge in [0, 0.05) is 18.8 Å². The topological polar surface area (TPSA) is 101 Å². The van der Waals surface area contributed by atoms with Crippen LogP contribution in [0.25, 0.3) is 0 Å². The van der Waals surface area contributed by atoms with E-state index in [2.05, 4.69) is 6.92 Å². The van der Waals surface area contributed by atoms with Crippen molar-refractivity contribution in [3.8, 4) is 0 Å². The molecule has 7 atom stereocenters. The fourth-order valence-electron chi connectivity index (χ4n) is 7.44. The Hall–Kier alpha value is -1.53. The fraction of sp³-hybridized carbons (Fsp3) is 0.783. The van der Waals surface area contributed by atoms with E-state index in [9.17, 15) is 24.6 Å². The highest BCUT2D eigenvalue weighted by Crippen LogP contribution is 2.67. The maximum Gasteiger partial charge on any atom is 0.303 e. The van der Waals surface area contributed by atoms with Crippen LogP contribution in [0.15, 0.2) is 11.6 Å². The predicted molar refractivity (Wildman–Crippen MR) is 105 cm³/mol. The van der Waals surface area contributed by atoms with E-state index >= 15 is 0 Å². The van der Waals surface area contributed by atoms with Crippen LogP contribution < -0.4 is 0 Å². The second kappa shape index (κ2) is 6.74. The van der Waals surface area contributed by atoms with Crippen molar-refractivity contribution in [2.75, 3.05) is 6.61 Å². The number of hydrogen-bond donors (Lipinski definition) is 2. The normalized spacial score (nSPS) is 46.2. The monoisotopic (exact) mass is 404 g/mol. The van der Waals surface area contributed by atoms with Crippen molar-refractivity contribution in [3.63, 3.8) is 0 Å². The van der Waals surface area contributed by atoms with Crippen molar-refractivity contribution in [1.82, 2.24) is 0 Å². The lowest BCUT2D eigenvalue weighted by Gasteiger charge is -2.60. The summed E-state index contributed by atoms with van der Waals surface area (Å²) in [6.45, 7) is 4.92. The first kappa shape index (κ1) is 20.7. The predicted octanol–water partition coefficient (Wildman–Crippen LogP) is 2.35. The van der Waals surface area contributed by atoms with Crippen LogP contribution in [0.1, 0.15) is 65.7 Å². The molecule has 0 aromatic heterocycles. The summed E-state index contributed by atoms with van der Waals surface area (Å²) in [6.07, 6.45) is 5.54. The molecule has 0 amide bonds. The zero-order valence-corrected chi connectivity index (χ0v) is 17.6. The molecule has 0 aliphatic heterocycles. The molecule has 0 heterocycles. The average Bonchev–Trinajstić information content (AvgIpc) is 2.91. The molecule has 0 bridgehead atoms. The Morgan fingerprint density at radius 3 is 2.62 bits per heavy atom. The first-order chi connectivity index (χ1) is 13.5. The van der Waals surface area contributed by atoms with Crippen LogP contribution in [-0.4, -0.2) is 46.1 Å². The summed E-state index contributed by atoms with van der Waals surface area (Å²) in [4.78, 5) is 36.0. The number of aliphatic hydroxyl groups excluding tert-OH is 1. The van der Waals surface area contributed by atoms with Crippen LogP contribution in [0.3, 0.4) is 0 Å². The standard InChI is InChI=1S/C23H32O6/c1-13(24)29-12-19(27)23(28)9-7-17-16-5-4-14-10-15(25)6-8-21(14,2)20(16)18(26)11-22(17,23)3/h10,16-18,20,26,28H,4-9,11-12H2,1-3H3/t16-,17+,18-,20-,21-,22-,23-/m0/s1. The molecular weight excluding hydrogens is 372 g/mol. The van der Waals surface area contributed by atoms with E-state index in [1.165, 1.54) is 6.92 Å². The van der Waals surface area contributed by atoms with E-state index < -0.39 is 35.5 Å². The number of fused-ring (bicyclic) bond motifs is 5. The molecule has 2 N–H and O–H groups in total. The van der Waals surface area contributed by atoms with Gasteiger partial charge in [-0.15, -0.1) is 0 Å². The second-order valence-electron chi connectivity index (χ2n) is 10.2. The molecule has 0 saturated heterocycles. The van der Waals surface area contributed by atoms with Crippen LogP contribution in [-0.2, 0) is 19.1 Å². The molecule has 0 radical (unpaired) electrons. The number of carbonyl (C=O) groups excluding carboxylic acids is 3. The molecule has 0 unspecified atom stereocenters. The van der Waals surface area contributed by atoms with Gasteiger partial charge in [-0.25, -0.2) is 0 Å². The minimum Gasteiger partial charge on any atom is -0.458 e. The molecule has 4 aliphatic carbocycles. The second-order valence-corrected chi connectivity index (χ2v) is 10.2. The molecule has 3 saturated carbocycles. The van der Waals surface area contributed by atoms with Crippen molar-refractivity contribution in [2.45, 2.75) is 77.4 Å². The number of ketones is 2. The summed E-state index contributed by atoms with van der Waals surface area (Å²) >= 11 is 0. The minimum absolute atomic E-state index is 0.0413. The van der Waals surface area contributed by atoms with E-state index in [4.69, 9.17) is 4.74 Å². The maximum absolute atomic E-state index is 12.9. The lowest BCUT2D eigenvalue weighted by molar-refractivity contribution is -0.184. The van der Waals surface area contributed by atoms with Gasteiger partial charge in [-0.1, -0.05) is 19.4 Å². The van der Waals surface area contributed by atoms with Gasteiger partial charge in [0.1, 0.15) is 5.60 Å². The van der Waals surface area contributed by atoms with E-state index in [0.29, 0.717) is 19.3 Å². The molecule has 0 aromatic rings. The number of esters is 1. The van der Waals surface area contributed by atoms with Crippen LogP contribution in [0, 0.1) is 28.6 Å². The lowest BCUT2D eigenvalue weighted by Crippen LogP contribution is -2.62. The molecule has 160 valence electrons. The number of aliphatic hydroxyl groups is 2. The highest BCUT2D eigenvalue weighted by molar-refractivity contribution is 5.92.